The molecule has 0 aliphatic carbocycles. The molecule has 10 heteroatoms. The van der Waals surface area contributed by atoms with E-state index in [0.29, 0.717) is 4.57 Å². The van der Waals surface area contributed by atoms with Crippen molar-refractivity contribution in [2.24, 2.45) is 5.14 Å². The van der Waals surface area contributed by atoms with Gasteiger partial charge >= 0.3 is 5.69 Å². The van der Waals surface area contributed by atoms with Crippen LogP contribution in [0.25, 0.3) is 0 Å². The van der Waals surface area contributed by atoms with Crippen LogP contribution in [0.4, 0.5) is 4.39 Å². The number of nitrogens with zero attached hydrogens (tertiary/aromatic N) is 1. The van der Waals surface area contributed by atoms with Gasteiger partial charge in [-0.05, 0) is 6.42 Å². The molecule has 0 bridgehead atoms. The Kier molecular flexibility index (Phi) is 3.68. The molecule has 0 unspecified atom stereocenters. The zero-order valence-electron chi connectivity index (χ0n) is 8.51. The minimum absolute atomic E-state index is 0.0994. The maximum atomic E-state index is 12.9. The molecule has 0 saturated carbocycles. The monoisotopic (exact) mass is 267 g/mol. The van der Waals surface area contributed by atoms with E-state index in [-0.39, 0.29) is 13.0 Å². The third kappa shape index (κ3) is 3.39. The van der Waals surface area contributed by atoms with Gasteiger partial charge in [0.2, 0.25) is 21.7 Å². The van der Waals surface area contributed by atoms with Crippen molar-refractivity contribution in [3.8, 4) is 5.88 Å². The number of sulfonamides is 1. The third-order valence-electron chi connectivity index (χ3n) is 1.93. The molecule has 0 radical (unpaired) electrons. The lowest BCUT2D eigenvalue weighted by Crippen LogP contribution is -2.32. The second kappa shape index (κ2) is 4.67. The molecule has 0 aliphatic heterocycles. The van der Waals surface area contributed by atoms with Gasteiger partial charge < -0.3 is 5.11 Å². The fraction of sp³-hybridized carbons (Fsp3) is 0.429. The molecule has 1 rings (SSSR count). The van der Waals surface area contributed by atoms with Crippen molar-refractivity contribution in [3.05, 3.63) is 26.7 Å². The minimum atomic E-state index is -3.70. The molecule has 4 N–H and O–H groups in total. The first-order valence-corrected chi connectivity index (χ1v) is 6.16. The van der Waals surface area contributed by atoms with Crippen LogP contribution in [0.15, 0.2) is 9.59 Å². The van der Waals surface area contributed by atoms with Gasteiger partial charge in [0.15, 0.2) is 0 Å². The number of hydrogen-bond donors (Lipinski definition) is 3. The predicted octanol–water partition coefficient (Wildman–Crippen LogP) is -1.94. The van der Waals surface area contributed by atoms with Crippen LogP contribution >= 0.6 is 0 Å². The number of primary sulfonamides is 1. The van der Waals surface area contributed by atoms with Crippen LogP contribution in [0, 0.1) is 5.82 Å². The van der Waals surface area contributed by atoms with Gasteiger partial charge in [0, 0.05) is 6.54 Å². The van der Waals surface area contributed by atoms with Crippen LogP contribution in [0.2, 0.25) is 0 Å². The van der Waals surface area contributed by atoms with Crippen molar-refractivity contribution in [1.29, 1.82) is 0 Å². The number of aromatic hydroxyl groups is 1. The smallest absolute Gasteiger partial charge is 0.331 e. The largest absolute Gasteiger partial charge is 0.492 e. The Hall–Kier alpha value is -1.68. The van der Waals surface area contributed by atoms with E-state index in [1.54, 1.807) is 4.98 Å². The minimum Gasteiger partial charge on any atom is -0.492 e. The number of aromatic nitrogens is 2. The zero-order valence-corrected chi connectivity index (χ0v) is 9.33. The lowest BCUT2D eigenvalue weighted by atomic mass is 10.4. The lowest BCUT2D eigenvalue weighted by Gasteiger charge is -2.06. The summed E-state index contributed by atoms with van der Waals surface area (Å²) in [4.78, 5) is 23.5. The van der Waals surface area contributed by atoms with Crippen LogP contribution < -0.4 is 16.4 Å². The normalized spacial score (nSPS) is 11.6. The number of nitrogens with two attached hydrogens (primary N) is 1. The highest BCUT2D eigenvalue weighted by atomic mass is 32.2. The van der Waals surface area contributed by atoms with Crippen LogP contribution in [0.3, 0.4) is 0 Å². The maximum Gasteiger partial charge on any atom is 0.331 e. The Bertz CT molecular complexity index is 632. The second-order valence-corrected chi connectivity index (χ2v) is 5.00. The quantitative estimate of drug-likeness (QED) is 0.583. The van der Waals surface area contributed by atoms with Gasteiger partial charge in [-0.15, -0.1) is 0 Å². The Labute approximate surface area is 94.6 Å². The van der Waals surface area contributed by atoms with Crippen LogP contribution in [0.5, 0.6) is 5.88 Å². The molecule has 0 aliphatic rings. The molecule has 0 aromatic carbocycles. The van der Waals surface area contributed by atoms with E-state index < -0.39 is 38.7 Å². The van der Waals surface area contributed by atoms with Crippen molar-refractivity contribution in [2.75, 3.05) is 5.75 Å². The van der Waals surface area contributed by atoms with Crippen molar-refractivity contribution in [2.45, 2.75) is 13.0 Å². The van der Waals surface area contributed by atoms with Crippen LogP contribution in [-0.4, -0.2) is 28.8 Å². The first kappa shape index (κ1) is 13.4. The molecular formula is C7H10FN3O5S. The summed E-state index contributed by atoms with van der Waals surface area (Å²) in [6.07, 6.45) is -0.0994. The van der Waals surface area contributed by atoms with E-state index in [4.69, 9.17) is 5.14 Å². The second-order valence-electron chi connectivity index (χ2n) is 3.27. The summed E-state index contributed by atoms with van der Waals surface area (Å²) < 4.78 is 34.7. The Balaban J connectivity index is 2.97. The Morgan fingerprint density at radius 2 is 2.00 bits per heavy atom. The van der Waals surface area contributed by atoms with Gasteiger partial charge in [0.25, 0.3) is 5.56 Å². The highest BCUT2D eigenvalue weighted by Gasteiger charge is 2.13. The molecule has 96 valence electrons. The average Bonchev–Trinajstić information content (AvgIpc) is 2.18. The summed E-state index contributed by atoms with van der Waals surface area (Å²) in [5.74, 6) is -3.06. The maximum absolute atomic E-state index is 12.9. The van der Waals surface area contributed by atoms with Gasteiger partial charge in [0.1, 0.15) is 0 Å². The van der Waals surface area contributed by atoms with Crippen molar-refractivity contribution in [3.63, 3.8) is 0 Å². The standard InChI is InChI=1S/C7H10FN3O5S/c8-4-5(12)10-7(14)11(6(4)13)2-1-3-17(9,15)16/h13H,1-3H2,(H2,9,15,16)(H,10,12,14). The molecule has 1 aromatic heterocycles. The molecule has 0 fully saturated rings. The summed E-state index contributed by atoms with van der Waals surface area (Å²) >= 11 is 0. The van der Waals surface area contributed by atoms with E-state index in [1.807, 2.05) is 0 Å². The molecular weight excluding hydrogens is 257 g/mol. The molecule has 0 saturated heterocycles. The van der Waals surface area contributed by atoms with E-state index in [2.05, 4.69) is 0 Å². The number of nitrogens with one attached hydrogen (secondary N) is 1. The summed E-state index contributed by atoms with van der Waals surface area (Å²) in [6.45, 7) is -0.283. The van der Waals surface area contributed by atoms with Crippen molar-refractivity contribution in [1.82, 2.24) is 9.55 Å². The van der Waals surface area contributed by atoms with Gasteiger partial charge in [-0.25, -0.2) is 18.4 Å². The topological polar surface area (TPSA) is 135 Å². The van der Waals surface area contributed by atoms with Crippen LogP contribution in [-0.2, 0) is 16.6 Å². The first-order chi connectivity index (χ1) is 7.72. The summed E-state index contributed by atoms with van der Waals surface area (Å²) in [5, 5.41) is 13.9. The number of hydrogen-bond acceptors (Lipinski definition) is 5. The Morgan fingerprint density at radius 1 is 1.41 bits per heavy atom. The number of rotatable bonds is 4. The van der Waals surface area contributed by atoms with Gasteiger partial charge in [-0.3, -0.25) is 14.3 Å². The average molecular weight is 267 g/mol. The summed E-state index contributed by atoms with van der Waals surface area (Å²) in [6, 6.07) is 0. The van der Waals surface area contributed by atoms with E-state index in [1.165, 1.54) is 0 Å². The van der Waals surface area contributed by atoms with E-state index in [0.717, 1.165) is 0 Å². The summed E-state index contributed by atoms with van der Waals surface area (Å²) in [7, 11) is -3.70. The fourth-order valence-electron chi connectivity index (χ4n) is 1.17. The predicted molar refractivity (Wildman–Crippen MR) is 55.5 cm³/mol. The van der Waals surface area contributed by atoms with Gasteiger partial charge in [-0.1, -0.05) is 0 Å². The number of H-pyrrole nitrogens is 1. The molecule has 0 atom stereocenters. The van der Waals surface area contributed by atoms with E-state index >= 15 is 0 Å². The van der Waals surface area contributed by atoms with Gasteiger partial charge in [0.05, 0.1) is 5.75 Å². The molecule has 1 aromatic rings. The highest BCUT2D eigenvalue weighted by Crippen LogP contribution is 2.07. The third-order valence-corrected chi connectivity index (χ3v) is 2.79. The Morgan fingerprint density at radius 3 is 2.53 bits per heavy atom. The number of halogens is 1. The van der Waals surface area contributed by atoms with Gasteiger partial charge in [-0.2, -0.15) is 4.39 Å². The molecule has 1 heterocycles. The molecule has 8 nitrogen and oxygen atoms in total. The SMILES string of the molecule is NS(=O)(=O)CCCn1c(O)c(F)c(=O)[nH]c1=O. The first-order valence-electron chi connectivity index (χ1n) is 4.44. The van der Waals surface area contributed by atoms with Crippen molar-refractivity contribution >= 4 is 10.0 Å². The summed E-state index contributed by atoms with van der Waals surface area (Å²) in [5.41, 5.74) is -2.36. The van der Waals surface area contributed by atoms with Crippen molar-refractivity contribution < 1.29 is 17.9 Å². The molecule has 0 amide bonds. The lowest BCUT2D eigenvalue weighted by molar-refractivity contribution is 0.359. The zero-order chi connectivity index (χ0) is 13.2. The number of aromatic amines is 1. The highest BCUT2D eigenvalue weighted by molar-refractivity contribution is 7.89. The fourth-order valence-corrected chi connectivity index (χ4v) is 1.70. The molecule has 17 heavy (non-hydrogen) atoms. The molecule has 0 spiro atoms. The van der Waals surface area contributed by atoms with Crippen LogP contribution in [0.1, 0.15) is 6.42 Å². The van der Waals surface area contributed by atoms with E-state index in [9.17, 15) is 27.5 Å².